The van der Waals surface area contributed by atoms with E-state index in [2.05, 4.69) is 44.9 Å². The number of benzene rings is 2. The molecule has 0 bridgehead atoms. The molecule has 1 fully saturated rings. The largest absolute Gasteiger partial charge is 0.354 e. The third kappa shape index (κ3) is 2.69. The molecular formula is C21H23N5. The molecule has 0 radical (unpaired) electrons. The van der Waals surface area contributed by atoms with E-state index in [-0.39, 0.29) is 0 Å². The molecule has 5 heteroatoms. The molecule has 26 heavy (non-hydrogen) atoms. The van der Waals surface area contributed by atoms with E-state index < -0.39 is 0 Å². The molecule has 1 N–H and O–H groups in total. The SMILES string of the molecule is c1ccc2c(c1)nc(NCCN1CCCCC1)n1c3ccccc3nc21. The summed E-state index contributed by atoms with van der Waals surface area (Å²) in [6.07, 6.45) is 4.02. The number of imidazole rings is 1. The summed E-state index contributed by atoms with van der Waals surface area (Å²) < 4.78 is 2.16. The highest BCUT2D eigenvalue weighted by Crippen LogP contribution is 2.26. The van der Waals surface area contributed by atoms with Gasteiger partial charge in [0.15, 0.2) is 0 Å². The predicted octanol–water partition coefficient (Wildman–Crippen LogP) is 3.93. The molecule has 2 aromatic heterocycles. The third-order valence-electron chi connectivity index (χ3n) is 5.30. The highest BCUT2D eigenvalue weighted by atomic mass is 15.2. The van der Waals surface area contributed by atoms with Gasteiger partial charge in [0, 0.05) is 18.5 Å². The molecule has 132 valence electrons. The summed E-state index contributed by atoms with van der Waals surface area (Å²) >= 11 is 0. The first-order chi connectivity index (χ1) is 12.9. The second-order valence-corrected chi connectivity index (χ2v) is 7.04. The number of nitrogens with zero attached hydrogens (tertiary/aromatic N) is 4. The maximum atomic E-state index is 4.90. The zero-order chi connectivity index (χ0) is 17.3. The average molecular weight is 345 g/mol. The average Bonchev–Trinajstić information content (AvgIpc) is 3.09. The molecule has 1 aliphatic heterocycles. The fourth-order valence-corrected chi connectivity index (χ4v) is 3.97. The van der Waals surface area contributed by atoms with Crippen molar-refractivity contribution in [1.29, 1.82) is 0 Å². The van der Waals surface area contributed by atoms with Crippen molar-refractivity contribution in [3.63, 3.8) is 0 Å². The highest BCUT2D eigenvalue weighted by molar-refractivity contribution is 5.97. The van der Waals surface area contributed by atoms with Crippen LogP contribution in [-0.4, -0.2) is 45.4 Å². The summed E-state index contributed by atoms with van der Waals surface area (Å²) in [5, 5.41) is 4.66. The van der Waals surface area contributed by atoms with Crippen molar-refractivity contribution in [2.45, 2.75) is 19.3 Å². The smallest absolute Gasteiger partial charge is 0.209 e. The Morgan fingerprint density at radius 2 is 1.62 bits per heavy atom. The van der Waals surface area contributed by atoms with Gasteiger partial charge in [-0.05, 0) is 50.2 Å². The Bertz CT molecular complexity index is 1060. The van der Waals surface area contributed by atoms with Crippen molar-refractivity contribution in [3.8, 4) is 0 Å². The molecule has 4 aromatic rings. The minimum Gasteiger partial charge on any atom is -0.354 e. The molecular weight excluding hydrogens is 322 g/mol. The number of nitrogens with one attached hydrogen (secondary N) is 1. The fraction of sp³-hybridized carbons (Fsp3) is 0.333. The van der Waals surface area contributed by atoms with Crippen molar-refractivity contribution in [2.24, 2.45) is 0 Å². The summed E-state index contributed by atoms with van der Waals surface area (Å²) in [7, 11) is 0. The van der Waals surface area contributed by atoms with Gasteiger partial charge in [-0.3, -0.25) is 4.40 Å². The lowest BCUT2D eigenvalue weighted by Gasteiger charge is -2.26. The first kappa shape index (κ1) is 15.6. The molecule has 1 saturated heterocycles. The normalized spacial score (nSPS) is 15.8. The van der Waals surface area contributed by atoms with Gasteiger partial charge < -0.3 is 10.2 Å². The van der Waals surface area contributed by atoms with Gasteiger partial charge in [0.05, 0.1) is 16.6 Å². The minimum atomic E-state index is 0.879. The predicted molar refractivity (Wildman–Crippen MR) is 107 cm³/mol. The number of para-hydroxylation sites is 3. The van der Waals surface area contributed by atoms with Gasteiger partial charge in [-0.1, -0.05) is 30.7 Å². The number of likely N-dealkylation sites (tertiary alicyclic amines) is 1. The first-order valence-electron chi connectivity index (χ1n) is 9.52. The van der Waals surface area contributed by atoms with Crippen LogP contribution < -0.4 is 5.32 Å². The minimum absolute atomic E-state index is 0.879. The molecule has 5 rings (SSSR count). The maximum absolute atomic E-state index is 4.90. The Labute approximate surface area is 152 Å². The number of piperidine rings is 1. The lowest BCUT2D eigenvalue weighted by Crippen LogP contribution is -2.34. The lowest BCUT2D eigenvalue weighted by atomic mass is 10.1. The van der Waals surface area contributed by atoms with Gasteiger partial charge >= 0.3 is 0 Å². The van der Waals surface area contributed by atoms with E-state index in [9.17, 15) is 0 Å². The van der Waals surface area contributed by atoms with E-state index in [1.807, 2.05) is 18.2 Å². The van der Waals surface area contributed by atoms with E-state index in [1.54, 1.807) is 0 Å². The molecule has 3 heterocycles. The molecule has 1 aliphatic rings. The lowest BCUT2D eigenvalue weighted by molar-refractivity contribution is 0.237. The Hall–Kier alpha value is -2.66. The number of rotatable bonds is 4. The van der Waals surface area contributed by atoms with E-state index >= 15 is 0 Å². The monoisotopic (exact) mass is 345 g/mol. The van der Waals surface area contributed by atoms with Crippen LogP contribution in [0.2, 0.25) is 0 Å². The second-order valence-electron chi connectivity index (χ2n) is 7.04. The maximum Gasteiger partial charge on any atom is 0.209 e. The zero-order valence-corrected chi connectivity index (χ0v) is 14.9. The van der Waals surface area contributed by atoms with Crippen molar-refractivity contribution in [3.05, 3.63) is 48.5 Å². The van der Waals surface area contributed by atoms with E-state index in [0.717, 1.165) is 46.6 Å². The molecule has 0 aliphatic carbocycles. The van der Waals surface area contributed by atoms with Gasteiger partial charge in [0.2, 0.25) is 5.95 Å². The number of fused-ring (bicyclic) bond motifs is 5. The molecule has 0 unspecified atom stereocenters. The first-order valence-corrected chi connectivity index (χ1v) is 9.52. The van der Waals surface area contributed by atoms with Gasteiger partial charge in [0.1, 0.15) is 5.65 Å². The zero-order valence-electron chi connectivity index (χ0n) is 14.9. The van der Waals surface area contributed by atoms with Gasteiger partial charge in [-0.25, -0.2) is 9.97 Å². The van der Waals surface area contributed by atoms with E-state index in [0.29, 0.717) is 0 Å². The molecule has 2 aromatic carbocycles. The summed E-state index contributed by atoms with van der Waals surface area (Å²) in [6.45, 7) is 4.39. The van der Waals surface area contributed by atoms with Gasteiger partial charge in [-0.2, -0.15) is 0 Å². The summed E-state index contributed by atoms with van der Waals surface area (Å²) in [5.74, 6) is 0.879. The Morgan fingerprint density at radius 1 is 0.846 bits per heavy atom. The van der Waals surface area contributed by atoms with Crippen LogP contribution in [0.25, 0.3) is 27.6 Å². The van der Waals surface area contributed by atoms with Crippen molar-refractivity contribution < 1.29 is 0 Å². The van der Waals surface area contributed by atoms with Crippen LogP contribution in [0.1, 0.15) is 19.3 Å². The molecule has 0 atom stereocenters. The Balaban J connectivity index is 1.56. The summed E-state index contributed by atoms with van der Waals surface area (Å²) in [5.41, 5.74) is 4.05. The Kier molecular flexibility index (Phi) is 3.94. The molecule has 0 spiro atoms. The Morgan fingerprint density at radius 3 is 2.50 bits per heavy atom. The van der Waals surface area contributed by atoms with Crippen molar-refractivity contribution in [1.82, 2.24) is 19.3 Å². The number of hydrogen-bond donors (Lipinski definition) is 1. The number of anilines is 1. The van der Waals surface area contributed by atoms with E-state index in [4.69, 9.17) is 9.97 Å². The van der Waals surface area contributed by atoms with Gasteiger partial charge in [0.25, 0.3) is 0 Å². The van der Waals surface area contributed by atoms with Crippen LogP contribution in [-0.2, 0) is 0 Å². The van der Waals surface area contributed by atoms with Crippen molar-refractivity contribution >= 4 is 33.5 Å². The number of hydrogen-bond acceptors (Lipinski definition) is 4. The quantitative estimate of drug-likeness (QED) is 0.609. The second kappa shape index (κ2) is 6.57. The van der Waals surface area contributed by atoms with Crippen molar-refractivity contribution in [2.75, 3.05) is 31.5 Å². The molecule has 5 nitrogen and oxygen atoms in total. The standard InChI is InChI=1S/C21H23N5/c1-6-13-25(14-7-1)15-12-22-21-24-17-9-3-2-8-16(17)20-23-18-10-4-5-11-19(18)26(20)21/h2-5,8-11H,1,6-7,12-15H2,(H,22,24). The third-order valence-corrected chi connectivity index (χ3v) is 5.30. The van der Waals surface area contributed by atoms with Crippen LogP contribution >= 0.6 is 0 Å². The summed E-state index contributed by atoms with van der Waals surface area (Å²) in [4.78, 5) is 12.3. The van der Waals surface area contributed by atoms with Crippen LogP contribution in [0, 0.1) is 0 Å². The number of aromatic nitrogens is 3. The highest BCUT2D eigenvalue weighted by Gasteiger charge is 2.14. The fourth-order valence-electron chi connectivity index (χ4n) is 3.97. The van der Waals surface area contributed by atoms with Gasteiger partial charge in [-0.15, -0.1) is 0 Å². The van der Waals surface area contributed by atoms with E-state index in [1.165, 1.54) is 32.4 Å². The molecule has 0 saturated carbocycles. The van der Waals surface area contributed by atoms with Crippen LogP contribution in [0.4, 0.5) is 5.95 Å². The van der Waals surface area contributed by atoms with Crippen LogP contribution in [0.15, 0.2) is 48.5 Å². The van der Waals surface area contributed by atoms with Crippen LogP contribution in [0.3, 0.4) is 0 Å². The molecule has 0 amide bonds. The topological polar surface area (TPSA) is 45.5 Å². The summed E-state index contributed by atoms with van der Waals surface area (Å²) in [6, 6.07) is 16.5. The van der Waals surface area contributed by atoms with Crippen LogP contribution in [0.5, 0.6) is 0 Å².